The highest BCUT2D eigenvalue weighted by molar-refractivity contribution is 5.92. The summed E-state index contributed by atoms with van der Waals surface area (Å²) < 4.78 is 78.8. The largest absolute Gasteiger partial charge is 0.433 e. The lowest BCUT2D eigenvalue weighted by molar-refractivity contribution is -0.142. The number of fused-ring (bicyclic) bond motifs is 1. The van der Waals surface area contributed by atoms with Crippen molar-refractivity contribution in [3.05, 3.63) is 65.6 Å². The third-order valence-electron chi connectivity index (χ3n) is 3.57. The topological polar surface area (TPSA) is 50.5 Å². The number of hydrogen-bond acceptors (Lipinski definition) is 4. The second kappa shape index (κ2) is 6.93. The van der Waals surface area contributed by atoms with Gasteiger partial charge in [-0.3, -0.25) is 4.98 Å². The van der Waals surface area contributed by atoms with E-state index in [1.54, 1.807) is 12.1 Å². The van der Waals surface area contributed by atoms with Crippen LogP contribution in [0.15, 0.2) is 59.0 Å². The normalized spacial score (nSPS) is 12.8. The number of para-hydroxylation sites is 1. The van der Waals surface area contributed by atoms with E-state index in [1.807, 2.05) is 0 Å². The molecule has 0 atom stereocenters. The van der Waals surface area contributed by atoms with Gasteiger partial charge in [-0.15, -0.1) is 0 Å². The van der Waals surface area contributed by atoms with Crippen molar-refractivity contribution >= 4 is 16.6 Å². The van der Waals surface area contributed by atoms with Crippen LogP contribution in [-0.2, 0) is 18.9 Å². The van der Waals surface area contributed by atoms with Gasteiger partial charge in [0.05, 0.1) is 23.3 Å². The van der Waals surface area contributed by atoms with Crippen LogP contribution < -0.4 is 0 Å². The summed E-state index contributed by atoms with van der Waals surface area (Å²) in [5, 5.41) is 7.33. The Bertz CT molecular complexity index is 980. The SMILES string of the molecule is FC(F)(F)c1cc(N=NCc2cccnc2)c2cccc(C(F)(F)F)c2n1. The van der Waals surface area contributed by atoms with Crippen LogP contribution in [-0.4, -0.2) is 9.97 Å². The fourth-order valence-electron chi connectivity index (χ4n) is 2.37. The van der Waals surface area contributed by atoms with Crippen LogP contribution in [0.1, 0.15) is 16.8 Å². The summed E-state index contributed by atoms with van der Waals surface area (Å²) in [6.45, 7) is 0.0119. The van der Waals surface area contributed by atoms with E-state index in [4.69, 9.17) is 0 Å². The molecule has 0 aliphatic rings. The summed E-state index contributed by atoms with van der Waals surface area (Å²) in [4.78, 5) is 7.04. The minimum absolute atomic E-state index is 0.0119. The van der Waals surface area contributed by atoms with E-state index in [2.05, 4.69) is 20.2 Å². The Labute approximate surface area is 148 Å². The number of azo groups is 1. The highest BCUT2D eigenvalue weighted by Crippen LogP contribution is 2.39. The number of pyridine rings is 2. The molecule has 140 valence electrons. The highest BCUT2D eigenvalue weighted by Gasteiger charge is 2.37. The maximum atomic E-state index is 13.2. The average Bonchev–Trinajstić information content (AvgIpc) is 2.60. The van der Waals surface area contributed by atoms with Gasteiger partial charge in [-0.1, -0.05) is 18.2 Å². The first kappa shape index (κ1) is 18.7. The van der Waals surface area contributed by atoms with Crippen molar-refractivity contribution in [3.63, 3.8) is 0 Å². The van der Waals surface area contributed by atoms with Gasteiger partial charge >= 0.3 is 12.4 Å². The molecular formula is C17H10F6N4. The molecule has 0 radical (unpaired) electrons. The summed E-state index contributed by atoms with van der Waals surface area (Å²) in [6, 6.07) is 6.88. The van der Waals surface area contributed by atoms with Gasteiger partial charge in [-0.25, -0.2) is 4.98 Å². The van der Waals surface area contributed by atoms with Crippen molar-refractivity contribution < 1.29 is 26.3 Å². The second-order valence-corrected chi connectivity index (χ2v) is 5.48. The van der Waals surface area contributed by atoms with Crippen molar-refractivity contribution in [2.45, 2.75) is 18.9 Å². The van der Waals surface area contributed by atoms with Gasteiger partial charge in [0.25, 0.3) is 0 Å². The monoisotopic (exact) mass is 384 g/mol. The highest BCUT2D eigenvalue weighted by atomic mass is 19.4. The first-order valence-electron chi connectivity index (χ1n) is 7.51. The Morgan fingerprint density at radius 3 is 2.33 bits per heavy atom. The van der Waals surface area contributed by atoms with Crippen LogP contribution in [0, 0.1) is 0 Å². The molecule has 0 N–H and O–H groups in total. The lowest BCUT2D eigenvalue weighted by Crippen LogP contribution is -2.11. The van der Waals surface area contributed by atoms with E-state index in [0.717, 1.165) is 6.07 Å². The molecule has 2 aromatic heterocycles. The molecule has 0 amide bonds. The second-order valence-electron chi connectivity index (χ2n) is 5.48. The Morgan fingerprint density at radius 2 is 1.70 bits per heavy atom. The third kappa shape index (κ3) is 4.21. The number of hydrogen-bond donors (Lipinski definition) is 0. The summed E-state index contributed by atoms with van der Waals surface area (Å²) in [5.41, 5.74) is -3.26. The van der Waals surface area contributed by atoms with Crippen LogP contribution in [0.25, 0.3) is 10.9 Å². The molecule has 4 nitrogen and oxygen atoms in total. The maximum Gasteiger partial charge on any atom is 0.433 e. The van der Waals surface area contributed by atoms with Crippen LogP contribution >= 0.6 is 0 Å². The fourth-order valence-corrected chi connectivity index (χ4v) is 2.37. The predicted molar refractivity (Wildman–Crippen MR) is 84.2 cm³/mol. The first-order valence-corrected chi connectivity index (χ1v) is 7.51. The number of rotatable bonds is 3. The Morgan fingerprint density at radius 1 is 0.926 bits per heavy atom. The molecule has 0 aliphatic carbocycles. The van der Waals surface area contributed by atoms with E-state index in [0.29, 0.717) is 17.7 Å². The molecule has 1 aromatic carbocycles. The molecule has 0 spiro atoms. The molecule has 0 unspecified atom stereocenters. The van der Waals surface area contributed by atoms with E-state index in [1.165, 1.54) is 18.5 Å². The third-order valence-corrected chi connectivity index (χ3v) is 3.57. The molecule has 2 heterocycles. The molecule has 3 rings (SSSR count). The standard InChI is InChI=1S/C17H10F6N4/c18-16(19,20)12-5-1-4-11-13(7-14(17(21,22)23)26-15(11)12)27-25-9-10-3-2-6-24-8-10/h1-8H,9H2. The van der Waals surface area contributed by atoms with Crippen molar-refractivity contribution in [2.24, 2.45) is 10.2 Å². The van der Waals surface area contributed by atoms with Crippen molar-refractivity contribution in [1.29, 1.82) is 0 Å². The van der Waals surface area contributed by atoms with Gasteiger partial charge in [0.15, 0.2) is 0 Å². The quantitative estimate of drug-likeness (QED) is 0.414. The summed E-state index contributed by atoms with van der Waals surface area (Å²) in [6.07, 6.45) is -6.76. The Kier molecular flexibility index (Phi) is 4.81. The zero-order valence-corrected chi connectivity index (χ0v) is 13.4. The molecule has 0 saturated carbocycles. The smallest absolute Gasteiger partial charge is 0.264 e. The van der Waals surface area contributed by atoms with Crippen LogP contribution in [0.2, 0.25) is 0 Å². The molecule has 0 bridgehead atoms. The number of benzene rings is 1. The minimum Gasteiger partial charge on any atom is -0.264 e. The Balaban J connectivity index is 2.13. The molecule has 0 aliphatic heterocycles. The molecular weight excluding hydrogens is 374 g/mol. The molecule has 10 heteroatoms. The lowest BCUT2D eigenvalue weighted by Gasteiger charge is -2.13. The number of halogens is 6. The van der Waals surface area contributed by atoms with Crippen molar-refractivity contribution in [3.8, 4) is 0 Å². The van der Waals surface area contributed by atoms with Gasteiger partial charge in [0.1, 0.15) is 5.69 Å². The first-order chi connectivity index (χ1) is 12.7. The zero-order chi connectivity index (χ0) is 19.7. The maximum absolute atomic E-state index is 13.2. The van der Waals surface area contributed by atoms with Gasteiger partial charge in [0.2, 0.25) is 0 Å². The number of nitrogens with zero attached hydrogens (tertiary/aromatic N) is 4. The Hall–Kier alpha value is -3.04. The lowest BCUT2D eigenvalue weighted by atomic mass is 10.1. The minimum atomic E-state index is -4.93. The number of alkyl halides is 6. The zero-order valence-electron chi connectivity index (χ0n) is 13.4. The summed E-state index contributed by atoms with van der Waals surface area (Å²) in [5.74, 6) is 0. The van der Waals surface area contributed by atoms with E-state index < -0.39 is 29.1 Å². The molecule has 0 fully saturated rings. The van der Waals surface area contributed by atoms with Crippen LogP contribution in [0.3, 0.4) is 0 Å². The van der Waals surface area contributed by atoms with Gasteiger partial charge in [0, 0.05) is 17.8 Å². The van der Waals surface area contributed by atoms with Crippen LogP contribution in [0.5, 0.6) is 0 Å². The van der Waals surface area contributed by atoms with Crippen molar-refractivity contribution in [2.75, 3.05) is 0 Å². The molecule has 27 heavy (non-hydrogen) atoms. The van der Waals surface area contributed by atoms with Gasteiger partial charge < -0.3 is 0 Å². The number of aromatic nitrogens is 2. The van der Waals surface area contributed by atoms with E-state index in [-0.39, 0.29) is 17.6 Å². The van der Waals surface area contributed by atoms with Crippen molar-refractivity contribution in [1.82, 2.24) is 9.97 Å². The predicted octanol–water partition coefficient (Wildman–Crippen LogP) is 5.95. The van der Waals surface area contributed by atoms with Gasteiger partial charge in [-0.05, 0) is 23.8 Å². The van der Waals surface area contributed by atoms with E-state index >= 15 is 0 Å². The molecule has 3 aromatic rings. The van der Waals surface area contributed by atoms with Crippen LogP contribution in [0.4, 0.5) is 32.0 Å². The molecule has 0 saturated heterocycles. The average molecular weight is 384 g/mol. The fraction of sp³-hybridized carbons (Fsp3) is 0.176. The van der Waals surface area contributed by atoms with Gasteiger partial charge in [-0.2, -0.15) is 36.6 Å². The summed E-state index contributed by atoms with van der Waals surface area (Å²) in [7, 11) is 0. The van der Waals surface area contributed by atoms with E-state index in [9.17, 15) is 26.3 Å². The summed E-state index contributed by atoms with van der Waals surface area (Å²) >= 11 is 0.